The summed E-state index contributed by atoms with van der Waals surface area (Å²) in [6.07, 6.45) is 1.24. The monoisotopic (exact) mass is 244 g/mol. The Labute approximate surface area is 103 Å². The summed E-state index contributed by atoms with van der Waals surface area (Å²) in [7, 11) is 0. The van der Waals surface area contributed by atoms with Gasteiger partial charge in [0.25, 0.3) is 0 Å². The van der Waals surface area contributed by atoms with Crippen LogP contribution in [0.5, 0.6) is 0 Å². The number of carbonyl (C=O) groups is 1. The second-order valence-corrected chi connectivity index (χ2v) is 4.51. The Morgan fingerprint density at radius 3 is 2.88 bits per heavy atom. The highest BCUT2D eigenvalue weighted by atomic mass is 16.5. The van der Waals surface area contributed by atoms with E-state index in [4.69, 9.17) is 4.74 Å². The van der Waals surface area contributed by atoms with E-state index in [0.29, 0.717) is 26.2 Å². The number of amides is 1. The van der Waals surface area contributed by atoms with Gasteiger partial charge in [0, 0.05) is 12.6 Å². The largest absolute Gasteiger partial charge is 0.391 e. The molecule has 0 spiro atoms. The first kappa shape index (κ1) is 14.4. The summed E-state index contributed by atoms with van der Waals surface area (Å²) in [6, 6.07) is 0.105. The number of ether oxygens (including phenoxy) is 1. The number of hydrogen-bond donors (Lipinski definition) is 3. The van der Waals surface area contributed by atoms with Crippen LogP contribution in [-0.2, 0) is 9.53 Å². The average Bonchev–Trinajstić information content (AvgIpc) is 2.81. The fourth-order valence-corrected chi connectivity index (χ4v) is 1.84. The van der Waals surface area contributed by atoms with Crippen LogP contribution in [0.4, 0.5) is 0 Å². The molecule has 3 N–H and O–H groups in total. The normalized spacial score (nSPS) is 25.8. The van der Waals surface area contributed by atoms with Crippen molar-refractivity contribution in [3.05, 3.63) is 0 Å². The summed E-state index contributed by atoms with van der Waals surface area (Å²) in [5, 5.41) is 15.5. The van der Waals surface area contributed by atoms with Crippen molar-refractivity contribution in [2.24, 2.45) is 5.92 Å². The third-order valence-electron chi connectivity index (χ3n) is 3.06. The number of carbonyl (C=O) groups excluding carboxylic acids is 1. The highest BCUT2D eigenvalue weighted by Crippen LogP contribution is 2.13. The Balaban J connectivity index is 2.33. The molecular weight excluding hydrogens is 220 g/mol. The van der Waals surface area contributed by atoms with Gasteiger partial charge in [-0.05, 0) is 19.4 Å². The SMILES string of the molecule is CCCNC1COCC1C(=O)NCC(O)CC. The molecule has 0 aromatic rings. The maximum absolute atomic E-state index is 11.9. The lowest BCUT2D eigenvalue weighted by Crippen LogP contribution is -2.45. The topological polar surface area (TPSA) is 70.6 Å². The van der Waals surface area contributed by atoms with Crippen LogP contribution in [-0.4, -0.2) is 49.5 Å². The first-order valence-corrected chi connectivity index (χ1v) is 6.45. The molecule has 1 fully saturated rings. The molecule has 0 aromatic carbocycles. The van der Waals surface area contributed by atoms with Crippen LogP contribution in [0.1, 0.15) is 26.7 Å². The van der Waals surface area contributed by atoms with Gasteiger partial charge in [-0.1, -0.05) is 13.8 Å². The molecular formula is C12H24N2O3. The van der Waals surface area contributed by atoms with E-state index in [2.05, 4.69) is 17.6 Å². The van der Waals surface area contributed by atoms with E-state index in [0.717, 1.165) is 13.0 Å². The van der Waals surface area contributed by atoms with Crippen LogP contribution < -0.4 is 10.6 Å². The van der Waals surface area contributed by atoms with Crippen LogP contribution in [0.3, 0.4) is 0 Å². The highest BCUT2D eigenvalue weighted by molar-refractivity contribution is 5.79. The molecule has 17 heavy (non-hydrogen) atoms. The molecule has 1 aliphatic heterocycles. The third kappa shape index (κ3) is 4.61. The molecule has 5 nitrogen and oxygen atoms in total. The van der Waals surface area contributed by atoms with Crippen LogP contribution in [0.2, 0.25) is 0 Å². The minimum atomic E-state index is -0.455. The van der Waals surface area contributed by atoms with Gasteiger partial charge < -0.3 is 20.5 Å². The summed E-state index contributed by atoms with van der Waals surface area (Å²) in [5.41, 5.74) is 0. The molecule has 3 atom stereocenters. The lowest BCUT2D eigenvalue weighted by molar-refractivity contribution is -0.125. The van der Waals surface area contributed by atoms with Crippen molar-refractivity contribution in [1.29, 1.82) is 0 Å². The van der Waals surface area contributed by atoms with E-state index in [1.54, 1.807) is 0 Å². The minimum Gasteiger partial charge on any atom is -0.391 e. The maximum Gasteiger partial charge on any atom is 0.227 e. The van der Waals surface area contributed by atoms with E-state index in [9.17, 15) is 9.90 Å². The molecule has 1 rings (SSSR count). The van der Waals surface area contributed by atoms with Gasteiger partial charge in [-0.25, -0.2) is 0 Å². The molecule has 0 aromatic heterocycles. The van der Waals surface area contributed by atoms with E-state index >= 15 is 0 Å². The molecule has 100 valence electrons. The van der Waals surface area contributed by atoms with Crippen molar-refractivity contribution in [2.75, 3.05) is 26.3 Å². The number of hydrogen-bond acceptors (Lipinski definition) is 4. The lowest BCUT2D eigenvalue weighted by atomic mass is 10.0. The standard InChI is InChI=1S/C12H24N2O3/c1-3-5-13-11-8-17-7-10(11)12(16)14-6-9(15)4-2/h9-11,13,15H,3-8H2,1-2H3,(H,14,16). The Morgan fingerprint density at radius 1 is 1.47 bits per heavy atom. The van der Waals surface area contributed by atoms with Crippen LogP contribution >= 0.6 is 0 Å². The molecule has 0 radical (unpaired) electrons. The number of aliphatic hydroxyl groups excluding tert-OH is 1. The van der Waals surface area contributed by atoms with E-state index in [1.807, 2.05) is 6.92 Å². The van der Waals surface area contributed by atoms with Gasteiger partial charge in [-0.15, -0.1) is 0 Å². The quantitative estimate of drug-likeness (QED) is 0.584. The van der Waals surface area contributed by atoms with Crippen LogP contribution in [0, 0.1) is 5.92 Å². The Morgan fingerprint density at radius 2 is 2.24 bits per heavy atom. The fraction of sp³-hybridized carbons (Fsp3) is 0.917. The minimum absolute atomic E-state index is 0.0244. The summed E-state index contributed by atoms with van der Waals surface area (Å²) in [4.78, 5) is 11.9. The van der Waals surface area contributed by atoms with E-state index in [1.165, 1.54) is 0 Å². The molecule has 1 amide bonds. The molecule has 0 bridgehead atoms. The van der Waals surface area contributed by atoms with Gasteiger partial charge in [0.1, 0.15) is 0 Å². The summed E-state index contributed by atoms with van der Waals surface area (Å²) in [6.45, 7) is 6.27. The third-order valence-corrected chi connectivity index (χ3v) is 3.06. The van der Waals surface area contributed by atoms with Gasteiger partial charge in [0.15, 0.2) is 0 Å². The van der Waals surface area contributed by atoms with Crippen molar-refractivity contribution >= 4 is 5.91 Å². The molecule has 3 unspecified atom stereocenters. The first-order chi connectivity index (χ1) is 8.19. The van der Waals surface area contributed by atoms with Gasteiger partial charge in [0.05, 0.1) is 25.2 Å². The van der Waals surface area contributed by atoms with Gasteiger partial charge >= 0.3 is 0 Å². The Bertz CT molecular complexity index is 236. The smallest absolute Gasteiger partial charge is 0.227 e. The predicted molar refractivity (Wildman–Crippen MR) is 65.7 cm³/mol. The van der Waals surface area contributed by atoms with Crippen molar-refractivity contribution in [3.8, 4) is 0 Å². The van der Waals surface area contributed by atoms with Gasteiger partial charge in [0.2, 0.25) is 5.91 Å². The van der Waals surface area contributed by atoms with Crippen molar-refractivity contribution in [2.45, 2.75) is 38.8 Å². The van der Waals surface area contributed by atoms with Crippen molar-refractivity contribution in [1.82, 2.24) is 10.6 Å². The summed E-state index contributed by atoms with van der Waals surface area (Å²) >= 11 is 0. The molecule has 1 heterocycles. The number of aliphatic hydroxyl groups is 1. The molecule has 1 aliphatic rings. The zero-order valence-electron chi connectivity index (χ0n) is 10.7. The molecule has 0 saturated carbocycles. The zero-order chi connectivity index (χ0) is 12.7. The van der Waals surface area contributed by atoms with Crippen molar-refractivity contribution < 1.29 is 14.6 Å². The number of nitrogens with one attached hydrogen (secondary N) is 2. The lowest BCUT2D eigenvalue weighted by Gasteiger charge is -2.19. The Hall–Kier alpha value is -0.650. The van der Waals surface area contributed by atoms with Crippen molar-refractivity contribution in [3.63, 3.8) is 0 Å². The fourth-order valence-electron chi connectivity index (χ4n) is 1.84. The average molecular weight is 244 g/mol. The molecule has 0 aliphatic carbocycles. The van der Waals surface area contributed by atoms with Crippen LogP contribution in [0.25, 0.3) is 0 Å². The molecule has 5 heteroatoms. The van der Waals surface area contributed by atoms with E-state index < -0.39 is 6.10 Å². The van der Waals surface area contributed by atoms with E-state index in [-0.39, 0.29) is 17.9 Å². The second-order valence-electron chi connectivity index (χ2n) is 4.51. The molecule has 1 saturated heterocycles. The highest BCUT2D eigenvalue weighted by Gasteiger charge is 2.33. The second kappa shape index (κ2) is 7.63. The van der Waals surface area contributed by atoms with Gasteiger partial charge in [-0.3, -0.25) is 4.79 Å². The number of rotatable bonds is 7. The van der Waals surface area contributed by atoms with Gasteiger partial charge in [-0.2, -0.15) is 0 Å². The zero-order valence-corrected chi connectivity index (χ0v) is 10.7. The summed E-state index contributed by atoms with van der Waals surface area (Å²) in [5.74, 6) is -0.158. The Kier molecular flexibility index (Phi) is 6.47. The maximum atomic E-state index is 11.9. The van der Waals surface area contributed by atoms with Crippen LogP contribution in [0.15, 0.2) is 0 Å². The first-order valence-electron chi connectivity index (χ1n) is 6.45. The predicted octanol–water partition coefficient (Wildman–Crippen LogP) is -0.112. The summed E-state index contributed by atoms with van der Waals surface area (Å²) < 4.78 is 5.34.